The van der Waals surface area contributed by atoms with Gasteiger partial charge in [-0.1, -0.05) is 24.3 Å². The van der Waals surface area contributed by atoms with E-state index in [4.69, 9.17) is 4.74 Å². The summed E-state index contributed by atoms with van der Waals surface area (Å²) in [6, 6.07) is 8.03. The van der Waals surface area contributed by atoms with Crippen LogP contribution in [0.2, 0.25) is 0 Å². The normalized spacial score (nSPS) is 14.8. The standard InChI is InChI=1S/C13H21NO2/c1-10(16-3)8-11-4-6-12(7-5-11)13(15)9-14-2/h4-7,10,13-15H,8-9H2,1-3H3. The number of hydrogen-bond donors (Lipinski definition) is 2. The predicted octanol–water partition coefficient (Wildman–Crippen LogP) is 1.52. The maximum atomic E-state index is 9.75. The molecule has 0 aliphatic carbocycles. The van der Waals surface area contributed by atoms with E-state index in [1.54, 1.807) is 7.11 Å². The van der Waals surface area contributed by atoms with Gasteiger partial charge in [0, 0.05) is 13.7 Å². The van der Waals surface area contributed by atoms with Crippen molar-refractivity contribution in [1.29, 1.82) is 0 Å². The summed E-state index contributed by atoms with van der Waals surface area (Å²) >= 11 is 0. The molecule has 0 aromatic heterocycles. The first-order chi connectivity index (χ1) is 7.67. The molecule has 0 amide bonds. The quantitative estimate of drug-likeness (QED) is 0.768. The molecule has 16 heavy (non-hydrogen) atoms. The summed E-state index contributed by atoms with van der Waals surface area (Å²) in [6.07, 6.45) is 0.700. The van der Waals surface area contributed by atoms with E-state index in [0.717, 1.165) is 12.0 Å². The van der Waals surface area contributed by atoms with Crippen molar-refractivity contribution in [1.82, 2.24) is 5.32 Å². The Kier molecular flexibility index (Phi) is 5.46. The van der Waals surface area contributed by atoms with Gasteiger partial charge in [0.1, 0.15) is 0 Å². The lowest BCUT2D eigenvalue weighted by Gasteiger charge is -2.12. The first kappa shape index (κ1) is 13.2. The van der Waals surface area contributed by atoms with Crippen molar-refractivity contribution >= 4 is 0 Å². The first-order valence-electron chi connectivity index (χ1n) is 5.61. The van der Waals surface area contributed by atoms with Crippen LogP contribution in [0.4, 0.5) is 0 Å². The van der Waals surface area contributed by atoms with Crippen LogP contribution in [0.15, 0.2) is 24.3 Å². The Morgan fingerprint density at radius 3 is 2.44 bits per heavy atom. The Morgan fingerprint density at radius 1 is 1.31 bits per heavy atom. The molecular formula is C13H21NO2. The Labute approximate surface area is 97.4 Å². The van der Waals surface area contributed by atoms with E-state index in [9.17, 15) is 5.11 Å². The second-order valence-electron chi connectivity index (χ2n) is 4.07. The highest BCUT2D eigenvalue weighted by Gasteiger charge is 2.06. The molecule has 2 unspecified atom stereocenters. The van der Waals surface area contributed by atoms with E-state index in [-0.39, 0.29) is 6.10 Å². The molecule has 0 saturated carbocycles. The number of nitrogens with one attached hydrogen (secondary N) is 1. The van der Waals surface area contributed by atoms with Gasteiger partial charge in [0.15, 0.2) is 0 Å². The smallest absolute Gasteiger partial charge is 0.0914 e. The van der Waals surface area contributed by atoms with Gasteiger partial charge < -0.3 is 15.2 Å². The lowest BCUT2D eigenvalue weighted by Crippen LogP contribution is -2.16. The highest BCUT2D eigenvalue weighted by molar-refractivity contribution is 5.24. The number of aliphatic hydroxyl groups excluding tert-OH is 1. The Bertz CT molecular complexity index is 297. The average Bonchev–Trinajstić information content (AvgIpc) is 2.30. The second kappa shape index (κ2) is 6.63. The summed E-state index contributed by atoms with van der Waals surface area (Å²) in [7, 11) is 3.55. The number of likely N-dealkylation sites (N-methyl/N-ethyl adjacent to an activating group) is 1. The van der Waals surface area contributed by atoms with Gasteiger partial charge in [0.05, 0.1) is 12.2 Å². The van der Waals surface area contributed by atoms with Crippen LogP contribution in [0.25, 0.3) is 0 Å². The third-order valence-corrected chi connectivity index (χ3v) is 2.69. The van der Waals surface area contributed by atoms with Crippen molar-refractivity contribution < 1.29 is 9.84 Å². The highest BCUT2D eigenvalue weighted by atomic mass is 16.5. The van der Waals surface area contributed by atoms with Gasteiger partial charge in [-0.05, 0) is 31.5 Å². The van der Waals surface area contributed by atoms with Crippen molar-refractivity contribution in [3.05, 3.63) is 35.4 Å². The molecule has 2 N–H and O–H groups in total. The van der Waals surface area contributed by atoms with Gasteiger partial charge in [-0.3, -0.25) is 0 Å². The number of rotatable bonds is 6. The fourth-order valence-corrected chi connectivity index (χ4v) is 1.60. The SMILES string of the molecule is CNCC(O)c1ccc(CC(C)OC)cc1. The molecule has 1 rings (SSSR count). The summed E-state index contributed by atoms with van der Waals surface area (Å²) in [4.78, 5) is 0. The highest BCUT2D eigenvalue weighted by Crippen LogP contribution is 2.14. The van der Waals surface area contributed by atoms with Crippen LogP contribution in [-0.2, 0) is 11.2 Å². The molecule has 3 nitrogen and oxygen atoms in total. The molecule has 1 aromatic rings. The fourth-order valence-electron chi connectivity index (χ4n) is 1.60. The van der Waals surface area contributed by atoms with Crippen LogP contribution in [0.3, 0.4) is 0 Å². The zero-order valence-corrected chi connectivity index (χ0v) is 10.2. The minimum absolute atomic E-state index is 0.230. The van der Waals surface area contributed by atoms with E-state index in [1.165, 1.54) is 5.56 Å². The second-order valence-corrected chi connectivity index (χ2v) is 4.07. The molecule has 0 saturated heterocycles. The van der Waals surface area contributed by atoms with Crippen molar-refractivity contribution in [3.8, 4) is 0 Å². The molecule has 0 aliphatic heterocycles. The van der Waals surface area contributed by atoms with Crippen LogP contribution < -0.4 is 5.32 Å². The van der Waals surface area contributed by atoms with Gasteiger partial charge >= 0.3 is 0 Å². The summed E-state index contributed by atoms with van der Waals surface area (Å²) in [5.41, 5.74) is 2.18. The molecule has 0 radical (unpaired) electrons. The number of ether oxygens (including phenoxy) is 1. The van der Waals surface area contributed by atoms with Crippen molar-refractivity contribution in [3.63, 3.8) is 0 Å². The number of aliphatic hydroxyl groups is 1. The first-order valence-corrected chi connectivity index (χ1v) is 5.61. The zero-order chi connectivity index (χ0) is 12.0. The molecule has 0 bridgehead atoms. The summed E-state index contributed by atoms with van der Waals surface area (Å²) in [6.45, 7) is 2.62. The van der Waals surface area contributed by atoms with E-state index in [2.05, 4.69) is 5.32 Å². The molecular weight excluding hydrogens is 202 g/mol. The molecule has 1 aromatic carbocycles. The largest absolute Gasteiger partial charge is 0.387 e. The van der Waals surface area contributed by atoms with Gasteiger partial charge in [0.2, 0.25) is 0 Å². The molecule has 3 heteroatoms. The van der Waals surface area contributed by atoms with Crippen LogP contribution >= 0.6 is 0 Å². The van der Waals surface area contributed by atoms with Gasteiger partial charge in [-0.2, -0.15) is 0 Å². The number of benzene rings is 1. The Balaban J connectivity index is 2.60. The molecule has 0 heterocycles. The van der Waals surface area contributed by atoms with Crippen LogP contribution in [-0.4, -0.2) is 31.9 Å². The monoisotopic (exact) mass is 223 g/mol. The van der Waals surface area contributed by atoms with E-state index in [1.807, 2.05) is 38.2 Å². The van der Waals surface area contributed by atoms with Gasteiger partial charge in [0.25, 0.3) is 0 Å². The topological polar surface area (TPSA) is 41.5 Å². The van der Waals surface area contributed by atoms with Crippen LogP contribution in [0.1, 0.15) is 24.2 Å². The Hall–Kier alpha value is -0.900. The van der Waals surface area contributed by atoms with E-state index < -0.39 is 6.10 Å². The summed E-state index contributed by atoms with van der Waals surface area (Å²) in [5, 5.41) is 12.7. The molecule has 0 spiro atoms. The Morgan fingerprint density at radius 2 is 1.94 bits per heavy atom. The van der Waals surface area contributed by atoms with Gasteiger partial charge in [-0.15, -0.1) is 0 Å². The van der Waals surface area contributed by atoms with E-state index >= 15 is 0 Å². The summed E-state index contributed by atoms with van der Waals surface area (Å²) < 4.78 is 5.21. The minimum atomic E-state index is -0.432. The third kappa shape index (κ3) is 3.93. The van der Waals surface area contributed by atoms with Crippen molar-refractivity contribution in [2.75, 3.05) is 20.7 Å². The maximum absolute atomic E-state index is 9.75. The number of methoxy groups -OCH3 is 1. The summed E-state index contributed by atoms with van der Waals surface area (Å²) in [5.74, 6) is 0. The lowest BCUT2D eigenvalue weighted by atomic mass is 10.0. The third-order valence-electron chi connectivity index (χ3n) is 2.69. The predicted molar refractivity (Wildman–Crippen MR) is 65.5 cm³/mol. The van der Waals surface area contributed by atoms with Crippen molar-refractivity contribution in [2.24, 2.45) is 0 Å². The maximum Gasteiger partial charge on any atom is 0.0914 e. The molecule has 0 aliphatic rings. The van der Waals surface area contributed by atoms with Gasteiger partial charge in [-0.25, -0.2) is 0 Å². The lowest BCUT2D eigenvalue weighted by molar-refractivity contribution is 0.119. The van der Waals surface area contributed by atoms with Crippen molar-refractivity contribution in [2.45, 2.75) is 25.6 Å². The number of hydrogen-bond acceptors (Lipinski definition) is 3. The zero-order valence-electron chi connectivity index (χ0n) is 10.2. The molecule has 2 atom stereocenters. The minimum Gasteiger partial charge on any atom is -0.387 e. The van der Waals surface area contributed by atoms with Crippen LogP contribution in [0.5, 0.6) is 0 Å². The molecule has 90 valence electrons. The average molecular weight is 223 g/mol. The van der Waals surface area contributed by atoms with E-state index in [0.29, 0.717) is 6.54 Å². The van der Waals surface area contributed by atoms with Crippen LogP contribution in [0, 0.1) is 0 Å². The molecule has 0 fully saturated rings. The fraction of sp³-hybridized carbons (Fsp3) is 0.538.